The van der Waals surface area contributed by atoms with E-state index in [0.717, 1.165) is 6.07 Å². The number of allylic oxidation sites excluding steroid dienone is 1. The molecule has 0 N–H and O–H groups in total. The maximum atomic E-state index is 13.0. The van der Waals surface area contributed by atoms with Crippen molar-refractivity contribution in [1.29, 1.82) is 0 Å². The molecule has 8 heteroatoms. The Morgan fingerprint density at radius 2 is 1.62 bits per heavy atom. The van der Waals surface area contributed by atoms with Crippen LogP contribution in [0.3, 0.4) is 0 Å². The molecule has 1 heterocycles. The number of fused-ring (bicyclic) bond motifs is 1. The third kappa shape index (κ3) is 3.33. The van der Waals surface area contributed by atoms with Crippen molar-refractivity contribution in [2.75, 3.05) is 0 Å². The zero-order chi connectivity index (χ0) is 17.4. The lowest BCUT2D eigenvalue weighted by atomic mass is 10.0. The summed E-state index contributed by atoms with van der Waals surface area (Å²) in [6, 6.07) is 11.2. The fraction of sp³-hybridized carbons (Fsp3) is 0.0625. The largest absolute Gasteiger partial charge is 0.429 e. The van der Waals surface area contributed by atoms with Gasteiger partial charge in [0, 0.05) is 5.56 Å². The summed E-state index contributed by atoms with van der Waals surface area (Å²) in [5, 5.41) is 0. The van der Waals surface area contributed by atoms with Gasteiger partial charge in [-0.15, -0.1) is 4.40 Å². The van der Waals surface area contributed by atoms with Gasteiger partial charge in [0.1, 0.15) is 0 Å². The molecule has 0 radical (unpaired) electrons. The smallest absolute Gasteiger partial charge is 0.365 e. The van der Waals surface area contributed by atoms with Gasteiger partial charge in [0.25, 0.3) is 0 Å². The molecular formula is C16H10F3NO3S. The van der Waals surface area contributed by atoms with E-state index in [-0.39, 0.29) is 17.0 Å². The Morgan fingerprint density at radius 3 is 2.38 bits per heavy atom. The first-order valence-corrected chi connectivity index (χ1v) is 8.11. The predicted molar refractivity (Wildman–Crippen MR) is 83.0 cm³/mol. The van der Waals surface area contributed by atoms with Crippen LogP contribution < -0.4 is 4.18 Å². The number of nitrogens with zero attached hydrogens (tertiary/aromatic N) is 1. The van der Waals surface area contributed by atoms with Gasteiger partial charge < -0.3 is 4.18 Å². The third-order valence-electron chi connectivity index (χ3n) is 3.26. The molecule has 0 atom stereocenters. The Kier molecular flexibility index (Phi) is 3.92. The Bertz CT molecular complexity index is 947. The Labute approximate surface area is 136 Å². The second-order valence-corrected chi connectivity index (χ2v) is 6.11. The van der Waals surface area contributed by atoms with Gasteiger partial charge in [-0.05, 0) is 29.8 Å². The lowest BCUT2D eigenvalue weighted by Gasteiger charge is -2.14. The van der Waals surface area contributed by atoms with Gasteiger partial charge >= 0.3 is 16.5 Å². The summed E-state index contributed by atoms with van der Waals surface area (Å²) in [4.78, 5) is 0. The molecule has 0 unspecified atom stereocenters. The van der Waals surface area contributed by atoms with Crippen LogP contribution in [0.2, 0.25) is 0 Å². The molecule has 0 saturated heterocycles. The molecule has 24 heavy (non-hydrogen) atoms. The minimum absolute atomic E-state index is 0.00817. The van der Waals surface area contributed by atoms with E-state index in [1.165, 1.54) is 36.4 Å². The number of halogens is 3. The number of hydrogen-bond donors (Lipinski definition) is 0. The lowest BCUT2D eigenvalue weighted by molar-refractivity contribution is -0.137. The fourth-order valence-electron chi connectivity index (χ4n) is 2.24. The van der Waals surface area contributed by atoms with Crippen LogP contribution in [0.4, 0.5) is 13.2 Å². The Morgan fingerprint density at radius 1 is 0.958 bits per heavy atom. The van der Waals surface area contributed by atoms with E-state index < -0.39 is 22.0 Å². The average molecular weight is 353 g/mol. The Balaban J connectivity index is 2.05. The molecule has 0 fully saturated rings. The van der Waals surface area contributed by atoms with Gasteiger partial charge in [-0.25, -0.2) is 0 Å². The van der Waals surface area contributed by atoms with E-state index >= 15 is 0 Å². The molecule has 3 rings (SSSR count). The second-order valence-electron chi connectivity index (χ2n) is 4.90. The quantitative estimate of drug-likeness (QED) is 0.824. The van der Waals surface area contributed by atoms with Gasteiger partial charge in [-0.1, -0.05) is 36.4 Å². The second kappa shape index (κ2) is 5.79. The van der Waals surface area contributed by atoms with Crippen molar-refractivity contribution in [3.8, 4) is 5.75 Å². The minimum Gasteiger partial charge on any atom is -0.365 e. The summed E-state index contributed by atoms with van der Waals surface area (Å²) in [6.45, 7) is 0. The molecule has 2 aromatic rings. The SMILES string of the molecule is O=S1(=O)N=C(/C=C/c2ccccc2C(F)(F)F)c2ccccc2O1. The maximum absolute atomic E-state index is 13.0. The van der Waals surface area contributed by atoms with Crippen LogP contribution in [0.25, 0.3) is 6.08 Å². The van der Waals surface area contributed by atoms with Crippen molar-refractivity contribution in [2.45, 2.75) is 6.18 Å². The summed E-state index contributed by atoms with van der Waals surface area (Å²) < 4.78 is 70.5. The van der Waals surface area contributed by atoms with Crippen LogP contribution >= 0.6 is 0 Å². The van der Waals surface area contributed by atoms with E-state index in [0.29, 0.717) is 5.56 Å². The number of hydrogen-bond acceptors (Lipinski definition) is 3. The molecule has 0 saturated carbocycles. The van der Waals surface area contributed by atoms with Crippen LogP contribution in [-0.2, 0) is 16.5 Å². The normalized spacial score (nSPS) is 16.4. The molecule has 0 aliphatic carbocycles. The minimum atomic E-state index is -4.51. The molecule has 124 valence electrons. The van der Waals surface area contributed by atoms with Crippen LogP contribution in [0.15, 0.2) is 59.0 Å². The molecule has 2 aromatic carbocycles. The summed E-state index contributed by atoms with van der Waals surface area (Å²) in [6.07, 6.45) is -2.11. The summed E-state index contributed by atoms with van der Waals surface area (Å²) in [7, 11) is -4.17. The van der Waals surface area contributed by atoms with Crippen molar-refractivity contribution in [3.05, 3.63) is 71.3 Å². The van der Waals surface area contributed by atoms with Crippen molar-refractivity contribution < 1.29 is 25.8 Å². The molecule has 0 bridgehead atoms. The standard InChI is InChI=1S/C16H10F3NO3S/c17-16(18,19)13-7-3-1-5-11(13)9-10-14-12-6-2-4-8-15(12)23-24(21,22)20-14/h1-10H/b10-9+. The van der Waals surface area contributed by atoms with Gasteiger partial charge in [0.2, 0.25) is 0 Å². The van der Waals surface area contributed by atoms with E-state index in [9.17, 15) is 21.6 Å². The highest BCUT2D eigenvalue weighted by Gasteiger charge is 2.32. The van der Waals surface area contributed by atoms with E-state index in [4.69, 9.17) is 4.18 Å². The lowest BCUT2D eigenvalue weighted by Crippen LogP contribution is -2.17. The summed E-state index contributed by atoms with van der Waals surface area (Å²) >= 11 is 0. The first-order chi connectivity index (χ1) is 11.3. The van der Waals surface area contributed by atoms with E-state index in [1.807, 2.05) is 0 Å². The van der Waals surface area contributed by atoms with E-state index in [2.05, 4.69) is 4.40 Å². The summed E-state index contributed by atoms with van der Waals surface area (Å²) in [5.74, 6) is 0.0799. The first-order valence-electron chi connectivity index (χ1n) is 6.74. The average Bonchev–Trinajstić information content (AvgIpc) is 2.51. The number of para-hydroxylation sites is 1. The fourth-order valence-corrected chi connectivity index (χ4v) is 3.05. The predicted octanol–water partition coefficient (Wildman–Crippen LogP) is 3.85. The van der Waals surface area contributed by atoms with E-state index in [1.54, 1.807) is 18.2 Å². The maximum Gasteiger partial charge on any atom is 0.429 e. The zero-order valence-electron chi connectivity index (χ0n) is 12.0. The van der Waals surface area contributed by atoms with Crippen LogP contribution in [-0.4, -0.2) is 14.1 Å². The topological polar surface area (TPSA) is 55.7 Å². The van der Waals surface area contributed by atoms with Gasteiger partial charge in [0.05, 0.1) is 11.3 Å². The Hall–Kier alpha value is -2.61. The third-order valence-corrected chi connectivity index (χ3v) is 4.07. The molecule has 0 amide bonds. The van der Waals surface area contributed by atoms with Crippen LogP contribution in [0.1, 0.15) is 16.7 Å². The van der Waals surface area contributed by atoms with Gasteiger partial charge in [-0.3, -0.25) is 0 Å². The number of benzene rings is 2. The van der Waals surface area contributed by atoms with Crippen LogP contribution in [0, 0.1) is 0 Å². The van der Waals surface area contributed by atoms with Crippen LogP contribution in [0.5, 0.6) is 5.75 Å². The molecule has 1 aliphatic heterocycles. The van der Waals surface area contributed by atoms with Gasteiger partial charge in [0.15, 0.2) is 5.75 Å². The number of alkyl halides is 3. The number of rotatable bonds is 2. The van der Waals surface area contributed by atoms with Crippen molar-refractivity contribution in [2.24, 2.45) is 4.40 Å². The molecule has 0 aromatic heterocycles. The monoisotopic (exact) mass is 353 g/mol. The molecule has 0 spiro atoms. The zero-order valence-corrected chi connectivity index (χ0v) is 12.8. The summed E-state index contributed by atoms with van der Waals surface area (Å²) in [5.41, 5.74) is -0.513. The highest BCUT2D eigenvalue weighted by atomic mass is 32.2. The molecular weight excluding hydrogens is 343 g/mol. The van der Waals surface area contributed by atoms with Crippen molar-refractivity contribution in [1.82, 2.24) is 0 Å². The molecule has 4 nitrogen and oxygen atoms in total. The first kappa shape index (κ1) is 16.3. The highest BCUT2D eigenvalue weighted by molar-refractivity contribution is 7.86. The highest BCUT2D eigenvalue weighted by Crippen LogP contribution is 2.33. The van der Waals surface area contributed by atoms with Crippen molar-refractivity contribution >= 4 is 22.1 Å². The van der Waals surface area contributed by atoms with Crippen molar-refractivity contribution in [3.63, 3.8) is 0 Å². The molecule has 1 aliphatic rings. The van der Waals surface area contributed by atoms with Gasteiger partial charge in [-0.2, -0.15) is 21.6 Å².